The van der Waals surface area contributed by atoms with Gasteiger partial charge in [0.05, 0.1) is 12.1 Å². The van der Waals surface area contributed by atoms with E-state index in [1.807, 2.05) is 0 Å². The van der Waals surface area contributed by atoms with E-state index in [1.165, 1.54) is 0 Å². The summed E-state index contributed by atoms with van der Waals surface area (Å²) < 4.78 is 36.2. The van der Waals surface area contributed by atoms with Gasteiger partial charge in [-0.3, -0.25) is 0 Å². The van der Waals surface area contributed by atoms with Crippen molar-refractivity contribution in [2.75, 3.05) is 0 Å². The molecule has 2 N–H and O–H groups in total. The third-order valence-electron chi connectivity index (χ3n) is 2.76. The molecule has 0 bridgehead atoms. The molecule has 0 atom stereocenters. The van der Waals surface area contributed by atoms with Crippen molar-refractivity contribution in [3.8, 4) is 0 Å². The maximum atomic E-state index is 12.1. The Labute approximate surface area is 97.3 Å². The van der Waals surface area contributed by atoms with Crippen LogP contribution in [0.4, 0.5) is 13.2 Å². The predicted octanol–water partition coefficient (Wildman–Crippen LogP) is 2.31. The Morgan fingerprint density at radius 3 is 2.59 bits per heavy atom. The molecule has 1 aliphatic rings. The second-order valence-electron chi connectivity index (χ2n) is 4.29. The molecule has 0 aromatic carbocycles. The molecule has 1 fully saturated rings. The largest absolute Gasteiger partial charge is 0.389 e. The summed E-state index contributed by atoms with van der Waals surface area (Å²) in [5.74, 6) is 0.641. The van der Waals surface area contributed by atoms with Gasteiger partial charge >= 0.3 is 6.18 Å². The summed E-state index contributed by atoms with van der Waals surface area (Å²) in [6, 6.07) is 0. The number of halogens is 3. The lowest BCUT2D eigenvalue weighted by atomic mass is 10.1. The number of hydrogen-bond acceptors (Lipinski definition) is 3. The quantitative estimate of drug-likeness (QED) is 0.885. The van der Waals surface area contributed by atoms with E-state index in [-0.39, 0.29) is 12.2 Å². The van der Waals surface area contributed by atoms with E-state index in [9.17, 15) is 13.2 Å². The third kappa shape index (κ3) is 3.39. The van der Waals surface area contributed by atoms with Crippen molar-refractivity contribution in [1.82, 2.24) is 9.97 Å². The van der Waals surface area contributed by atoms with Crippen LogP contribution in [0.2, 0.25) is 0 Å². The minimum Gasteiger partial charge on any atom is -0.326 e. The van der Waals surface area contributed by atoms with Crippen molar-refractivity contribution in [3.05, 3.63) is 23.3 Å². The first kappa shape index (κ1) is 12.3. The predicted molar refractivity (Wildman–Crippen MR) is 56.3 cm³/mol. The van der Waals surface area contributed by atoms with E-state index in [2.05, 4.69) is 9.97 Å². The van der Waals surface area contributed by atoms with Gasteiger partial charge in [0, 0.05) is 30.6 Å². The topological polar surface area (TPSA) is 51.8 Å². The van der Waals surface area contributed by atoms with Gasteiger partial charge in [-0.05, 0) is 12.8 Å². The van der Waals surface area contributed by atoms with Gasteiger partial charge in [0.2, 0.25) is 0 Å². The molecule has 1 aliphatic carbocycles. The fourth-order valence-corrected chi connectivity index (χ4v) is 1.70. The summed E-state index contributed by atoms with van der Waals surface area (Å²) in [5, 5.41) is 0. The van der Waals surface area contributed by atoms with Gasteiger partial charge in [-0.15, -0.1) is 0 Å². The van der Waals surface area contributed by atoms with E-state index in [0.29, 0.717) is 12.5 Å². The second kappa shape index (κ2) is 4.60. The van der Waals surface area contributed by atoms with Crippen LogP contribution in [-0.4, -0.2) is 16.1 Å². The van der Waals surface area contributed by atoms with Crippen LogP contribution in [0.25, 0.3) is 0 Å². The zero-order valence-corrected chi connectivity index (χ0v) is 9.30. The van der Waals surface area contributed by atoms with Gasteiger partial charge in [0.25, 0.3) is 0 Å². The van der Waals surface area contributed by atoms with Gasteiger partial charge < -0.3 is 5.73 Å². The first-order chi connectivity index (χ1) is 7.99. The zero-order valence-electron chi connectivity index (χ0n) is 9.30. The number of aromatic nitrogens is 2. The van der Waals surface area contributed by atoms with Crippen molar-refractivity contribution in [1.29, 1.82) is 0 Å². The molecular formula is C11H14F3N3. The van der Waals surface area contributed by atoms with E-state index in [1.54, 1.807) is 6.20 Å². The smallest absolute Gasteiger partial charge is 0.326 e. The molecule has 3 nitrogen and oxygen atoms in total. The molecule has 6 heteroatoms. The first-order valence-corrected chi connectivity index (χ1v) is 5.61. The van der Waals surface area contributed by atoms with Crippen LogP contribution >= 0.6 is 0 Å². The highest BCUT2D eigenvalue weighted by Gasteiger charge is 2.29. The van der Waals surface area contributed by atoms with Crippen LogP contribution in [-0.2, 0) is 13.0 Å². The second-order valence-corrected chi connectivity index (χ2v) is 4.29. The highest BCUT2D eigenvalue weighted by molar-refractivity contribution is 5.25. The Balaban J connectivity index is 2.10. The molecule has 0 unspecified atom stereocenters. The molecule has 0 saturated heterocycles. The molecule has 1 heterocycles. The number of nitrogens with two attached hydrogens (primary N) is 1. The summed E-state index contributed by atoms with van der Waals surface area (Å²) in [5.41, 5.74) is 7.25. The molecule has 2 rings (SSSR count). The SMILES string of the molecule is NCc1cnc(CCC(F)(F)F)nc1C1CC1. The number of nitrogens with zero attached hydrogens (tertiary/aromatic N) is 2. The van der Waals surface area contributed by atoms with Crippen LogP contribution in [0, 0.1) is 0 Å². The molecule has 0 aliphatic heterocycles. The number of rotatable bonds is 4. The average molecular weight is 245 g/mol. The maximum Gasteiger partial charge on any atom is 0.389 e. The molecule has 94 valence electrons. The number of hydrogen-bond donors (Lipinski definition) is 1. The van der Waals surface area contributed by atoms with Crippen LogP contribution in [0.5, 0.6) is 0 Å². The van der Waals surface area contributed by atoms with Crippen molar-refractivity contribution in [3.63, 3.8) is 0 Å². The summed E-state index contributed by atoms with van der Waals surface area (Å²) in [4.78, 5) is 8.15. The Morgan fingerprint density at radius 2 is 2.06 bits per heavy atom. The molecular weight excluding hydrogens is 231 g/mol. The van der Waals surface area contributed by atoms with Crippen LogP contribution in [0.1, 0.15) is 42.3 Å². The summed E-state index contributed by atoms with van der Waals surface area (Å²) in [6.45, 7) is 0.339. The van der Waals surface area contributed by atoms with E-state index < -0.39 is 12.6 Å². The van der Waals surface area contributed by atoms with Gasteiger partial charge in [-0.2, -0.15) is 13.2 Å². The Kier molecular flexibility index (Phi) is 3.33. The number of alkyl halides is 3. The molecule has 17 heavy (non-hydrogen) atoms. The van der Waals surface area contributed by atoms with Gasteiger partial charge in [-0.1, -0.05) is 0 Å². The Morgan fingerprint density at radius 1 is 1.35 bits per heavy atom. The lowest BCUT2D eigenvalue weighted by molar-refractivity contribution is -0.134. The Hall–Kier alpha value is -1.17. The molecule has 0 amide bonds. The summed E-state index contributed by atoms with van der Waals surface area (Å²) in [6.07, 6.45) is -1.54. The normalized spacial score (nSPS) is 16.2. The molecule has 0 spiro atoms. The van der Waals surface area contributed by atoms with Crippen molar-refractivity contribution in [2.24, 2.45) is 5.73 Å². The fraction of sp³-hybridized carbons (Fsp3) is 0.636. The van der Waals surface area contributed by atoms with E-state index in [0.717, 1.165) is 24.1 Å². The van der Waals surface area contributed by atoms with Crippen LogP contribution in [0.3, 0.4) is 0 Å². The van der Waals surface area contributed by atoms with Crippen molar-refractivity contribution >= 4 is 0 Å². The first-order valence-electron chi connectivity index (χ1n) is 5.61. The molecule has 1 saturated carbocycles. The summed E-state index contributed by atoms with van der Waals surface area (Å²) in [7, 11) is 0. The minimum atomic E-state index is -4.16. The van der Waals surface area contributed by atoms with Gasteiger partial charge in [0.1, 0.15) is 5.82 Å². The lowest BCUT2D eigenvalue weighted by Gasteiger charge is -2.09. The summed E-state index contributed by atoms with van der Waals surface area (Å²) >= 11 is 0. The van der Waals surface area contributed by atoms with Crippen molar-refractivity contribution < 1.29 is 13.2 Å². The van der Waals surface area contributed by atoms with Crippen molar-refractivity contribution in [2.45, 2.75) is 44.3 Å². The highest BCUT2D eigenvalue weighted by atomic mass is 19.4. The van der Waals surface area contributed by atoms with Crippen LogP contribution < -0.4 is 5.73 Å². The molecule has 1 aromatic heterocycles. The van der Waals surface area contributed by atoms with Crippen LogP contribution in [0.15, 0.2) is 6.20 Å². The Bertz CT molecular complexity index is 399. The average Bonchev–Trinajstić information content (AvgIpc) is 3.09. The molecule has 0 radical (unpaired) electrons. The van der Waals surface area contributed by atoms with Gasteiger partial charge in [-0.25, -0.2) is 9.97 Å². The van der Waals surface area contributed by atoms with E-state index >= 15 is 0 Å². The lowest BCUT2D eigenvalue weighted by Crippen LogP contribution is -2.12. The zero-order chi connectivity index (χ0) is 12.5. The minimum absolute atomic E-state index is 0.159. The standard InChI is InChI=1S/C11H14F3N3/c12-11(13,14)4-3-9-16-6-8(5-15)10(17-9)7-1-2-7/h6-7H,1-5,15H2. The fourth-order valence-electron chi connectivity index (χ4n) is 1.70. The number of aryl methyl sites for hydroxylation is 1. The highest BCUT2D eigenvalue weighted by Crippen LogP contribution is 2.40. The third-order valence-corrected chi connectivity index (χ3v) is 2.76. The van der Waals surface area contributed by atoms with Gasteiger partial charge in [0.15, 0.2) is 0 Å². The molecule has 1 aromatic rings. The monoisotopic (exact) mass is 245 g/mol. The maximum absolute atomic E-state index is 12.1. The van der Waals surface area contributed by atoms with E-state index in [4.69, 9.17) is 5.73 Å².